The summed E-state index contributed by atoms with van der Waals surface area (Å²) in [6.07, 6.45) is 2.03. The minimum Gasteiger partial charge on any atom is -0.375 e. The molecule has 0 saturated carbocycles. The Bertz CT molecular complexity index is 194. The molecule has 1 amide bonds. The van der Waals surface area contributed by atoms with E-state index in [1.54, 1.807) is 0 Å². The minimum atomic E-state index is -2.47. The number of alkyl halides is 3. The lowest BCUT2D eigenvalue weighted by molar-refractivity contribution is -0.122. The number of rotatable bonds is 11. The zero-order valence-corrected chi connectivity index (χ0v) is 11.5. The zero-order chi connectivity index (χ0) is 12.9. The van der Waals surface area contributed by atoms with E-state index in [2.05, 4.69) is 26.0 Å². The Kier molecular flexibility index (Phi) is 12.1. The van der Waals surface area contributed by atoms with Crippen molar-refractivity contribution in [1.82, 2.24) is 5.32 Å². The Labute approximate surface area is 109 Å². The first-order chi connectivity index (χ1) is 8.16. The zero-order valence-electron chi connectivity index (χ0n) is 9.89. The van der Waals surface area contributed by atoms with Crippen LogP contribution < -0.4 is 5.32 Å². The number of hydrogen-bond donors (Lipinski definition) is 1. The first kappa shape index (κ1) is 16.8. The molecule has 0 aromatic rings. The summed E-state index contributed by atoms with van der Waals surface area (Å²) >= 11 is 3.35. The van der Waals surface area contributed by atoms with Crippen molar-refractivity contribution < 1.29 is 18.3 Å². The van der Waals surface area contributed by atoms with Crippen LogP contribution in [0.25, 0.3) is 0 Å². The molecule has 0 aliphatic carbocycles. The van der Waals surface area contributed by atoms with Crippen molar-refractivity contribution in [2.45, 2.75) is 38.5 Å². The van der Waals surface area contributed by atoms with E-state index in [9.17, 15) is 13.6 Å². The van der Waals surface area contributed by atoms with Crippen LogP contribution in [0.3, 0.4) is 0 Å². The smallest absolute Gasteiger partial charge is 0.261 e. The summed E-state index contributed by atoms with van der Waals surface area (Å²) in [4.78, 5) is 11.2. The average molecular weight is 316 g/mol. The van der Waals surface area contributed by atoms with Gasteiger partial charge in [-0.05, 0) is 12.8 Å². The summed E-state index contributed by atoms with van der Waals surface area (Å²) in [6, 6.07) is 0. The third-order valence-corrected chi connectivity index (χ3v) is 2.66. The molecule has 3 nitrogen and oxygen atoms in total. The maximum absolute atomic E-state index is 11.7. The predicted molar refractivity (Wildman–Crippen MR) is 66.7 cm³/mol. The molecular weight excluding hydrogens is 296 g/mol. The van der Waals surface area contributed by atoms with Gasteiger partial charge >= 0.3 is 0 Å². The van der Waals surface area contributed by atoms with Crippen LogP contribution in [-0.2, 0) is 9.53 Å². The fourth-order valence-electron chi connectivity index (χ4n) is 1.23. The molecule has 17 heavy (non-hydrogen) atoms. The van der Waals surface area contributed by atoms with E-state index in [4.69, 9.17) is 0 Å². The van der Waals surface area contributed by atoms with E-state index in [0.29, 0.717) is 6.54 Å². The molecule has 6 heteroatoms. The normalized spacial score (nSPS) is 10.8. The molecule has 1 N–H and O–H groups in total. The standard InChI is InChI=1S/C11H20BrF2NO2/c12-6-3-1-2-4-7-15-11(16)5-8-17-9-10(13)14/h10H,1-9H2,(H,15,16). The number of hydrogen-bond acceptors (Lipinski definition) is 2. The van der Waals surface area contributed by atoms with Gasteiger partial charge in [-0.3, -0.25) is 4.79 Å². The van der Waals surface area contributed by atoms with E-state index in [1.165, 1.54) is 0 Å². The lowest BCUT2D eigenvalue weighted by Gasteiger charge is -2.05. The van der Waals surface area contributed by atoms with E-state index in [1.807, 2.05) is 0 Å². The highest BCUT2D eigenvalue weighted by Gasteiger charge is 2.04. The van der Waals surface area contributed by atoms with Gasteiger partial charge in [0.1, 0.15) is 6.61 Å². The monoisotopic (exact) mass is 315 g/mol. The van der Waals surface area contributed by atoms with Crippen molar-refractivity contribution in [3.05, 3.63) is 0 Å². The molecule has 0 unspecified atom stereocenters. The van der Waals surface area contributed by atoms with Crippen LogP contribution in [0, 0.1) is 0 Å². The van der Waals surface area contributed by atoms with Crippen molar-refractivity contribution in [1.29, 1.82) is 0 Å². The van der Waals surface area contributed by atoms with Crippen molar-refractivity contribution >= 4 is 21.8 Å². The molecule has 0 aliphatic rings. The SMILES string of the molecule is O=C(CCOCC(F)F)NCCCCCCBr. The first-order valence-corrected chi connectivity index (χ1v) is 6.97. The van der Waals surface area contributed by atoms with Gasteiger partial charge in [-0.2, -0.15) is 0 Å². The highest BCUT2D eigenvalue weighted by Crippen LogP contribution is 2.01. The first-order valence-electron chi connectivity index (χ1n) is 5.85. The molecule has 0 radical (unpaired) electrons. The van der Waals surface area contributed by atoms with Crippen molar-refractivity contribution in [3.63, 3.8) is 0 Å². The number of unbranched alkanes of at least 4 members (excludes halogenated alkanes) is 3. The van der Waals surface area contributed by atoms with Crippen LogP contribution in [0.15, 0.2) is 0 Å². The lowest BCUT2D eigenvalue weighted by Crippen LogP contribution is -2.25. The molecule has 102 valence electrons. The number of carbonyl (C=O) groups is 1. The highest BCUT2D eigenvalue weighted by atomic mass is 79.9. The van der Waals surface area contributed by atoms with E-state index < -0.39 is 13.0 Å². The predicted octanol–water partition coefficient (Wildman–Crippen LogP) is 2.73. The van der Waals surface area contributed by atoms with Gasteiger partial charge in [-0.25, -0.2) is 8.78 Å². The van der Waals surface area contributed by atoms with Gasteiger partial charge in [-0.1, -0.05) is 28.8 Å². The summed E-state index contributed by atoms with van der Waals surface area (Å²) in [5.41, 5.74) is 0. The summed E-state index contributed by atoms with van der Waals surface area (Å²) in [5.74, 6) is -0.139. The van der Waals surface area contributed by atoms with Crippen LogP contribution in [0.1, 0.15) is 32.1 Å². The topological polar surface area (TPSA) is 38.3 Å². The van der Waals surface area contributed by atoms with Crippen LogP contribution in [-0.4, -0.2) is 37.4 Å². The van der Waals surface area contributed by atoms with Crippen LogP contribution >= 0.6 is 15.9 Å². The summed E-state index contributed by atoms with van der Waals surface area (Å²) in [7, 11) is 0. The second kappa shape index (κ2) is 12.2. The summed E-state index contributed by atoms with van der Waals surface area (Å²) < 4.78 is 28.0. The number of halogens is 3. The largest absolute Gasteiger partial charge is 0.375 e. The Morgan fingerprint density at radius 3 is 2.59 bits per heavy atom. The molecule has 0 atom stereocenters. The lowest BCUT2D eigenvalue weighted by atomic mass is 10.2. The Morgan fingerprint density at radius 1 is 1.24 bits per heavy atom. The van der Waals surface area contributed by atoms with Gasteiger partial charge in [-0.15, -0.1) is 0 Å². The average Bonchev–Trinajstić information content (AvgIpc) is 2.29. The summed E-state index contributed by atoms with van der Waals surface area (Å²) in [5, 5.41) is 3.74. The van der Waals surface area contributed by atoms with Crippen molar-refractivity contribution in [2.75, 3.05) is 25.1 Å². The number of amides is 1. The fourth-order valence-corrected chi connectivity index (χ4v) is 1.62. The van der Waals surface area contributed by atoms with Crippen molar-refractivity contribution in [2.24, 2.45) is 0 Å². The Morgan fingerprint density at radius 2 is 1.94 bits per heavy atom. The van der Waals surface area contributed by atoms with Gasteiger partial charge < -0.3 is 10.1 Å². The van der Waals surface area contributed by atoms with E-state index in [-0.39, 0.29) is 18.9 Å². The van der Waals surface area contributed by atoms with Gasteiger partial charge in [0.2, 0.25) is 5.91 Å². The maximum atomic E-state index is 11.7. The number of nitrogens with one attached hydrogen (secondary N) is 1. The number of ether oxygens (including phenoxy) is 1. The van der Waals surface area contributed by atoms with Crippen molar-refractivity contribution in [3.8, 4) is 0 Å². The minimum absolute atomic E-state index is 0.0553. The molecule has 0 fully saturated rings. The maximum Gasteiger partial charge on any atom is 0.261 e. The Hall–Kier alpha value is -0.230. The third kappa shape index (κ3) is 13.7. The van der Waals surface area contributed by atoms with Gasteiger partial charge in [0.05, 0.1) is 6.61 Å². The van der Waals surface area contributed by atoms with Gasteiger partial charge in [0.25, 0.3) is 6.43 Å². The highest BCUT2D eigenvalue weighted by molar-refractivity contribution is 9.09. The molecule has 0 rings (SSSR count). The van der Waals surface area contributed by atoms with Crippen LogP contribution in [0.4, 0.5) is 8.78 Å². The second-order valence-corrected chi connectivity index (χ2v) is 4.46. The second-order valence-electron chi connectivity index (χ2n) is 3.67. The fraction of sp³-hybridized carbons (Fsp3) is 0.909. The van der Waals surface area contributed by atoms with E-state index in [0.717, 1.165) is 31.0 Å². The molecule has 0 saturated heterocycles. The molecule has 0 aromatic carbocycles. The molecule has 0 aliphatic heterocycles. The number of carbonyl (C=O) groups excluding carboxylic acids is 1. The van der Waals surface area contributed by atoms with Crippen LogP contribution in [0.5, 0.6) is 0 Å². The molecular formula is C11H20BrF2NO2. The summed E-state index contributed by atoms with van der Waals surface area (Å²) in [6.45, 7) is 0.107. The van der Waals surface area contributed by atoms with E-state index >= 15 is 0 Å². The van der Waals surface area contributed by atoms with Gasteiger partial charge in [0.15, 0.2) is 0 Å². The quantitative estimate of drug-likeness (QED) is 0.470. The molecule has 0 aromatic heterocycles. The van der Waals surface area contributed by atoms with Crippen LogP contribution in [0.2, 0.25) is 0 Å². The molecule has 0 spiro atoms. The molecule has 0 bridgehead atoms. The Balaban J connectivity index is 3.18. The third-order valence-electron chi connectivity index (χ3n) is 2.10. The van der Waals surface area contributed by atoms with Gasteiger partial charge in [0, 0.05) is 18.3 Å². The molecule has 0 heterocycles.